The fourth-order valence-electron chi connectivity index (χ4n) is 1.84. The summed E-state index contributed by atoms with van der Waals surface area (Å²) in [5.74, 6) is -0.0136. The Morgan fingerprint density at radius 2 is 2.00 bits per heavy atom. The number of nitrogens with one attached hydrogen (secondary N) is 1. The number of hydrogen-bond acceptors (Lipinski definition) is 3. The molecule has 0 aromatic rings. The van der Waals surface area contributed by atoms with Crippen molar-refractivity contribution < 1.29 is 9.90 Å². The average Bonchev–Trinajstić information content (AvgIpc) is 2.61. The molecule has 2 N–H and O–H groups in total. The first kappa shape index (κ1) is 12.5. The first-order valence-corrected chi connectivity index (χ1v) is 5.61. The molecule has 0 spiro atoms. The monoisotopic (exact) mass is 214 g/mol. The molecule has 1 fully saturated rings. The highest BCUT2D eigenvalue weighted by atomic mass is 16.3. The summed E-state index contributed by atoms with van der Waals surface area (Å²) in [6, 6.07) is -0.144. The van der Waals surface area contributed by atoms with Gasteiger partial charge in [0.15, 0.2) is 0 Å². The zero-order valence-corrected chi connectivity index (χ0v) is 9.92. The van der Waals surface area contributed by atoms with Crippen molar-refractivity contribution in [3.8, 4) is 0 Å². The number of amides is 1. The van der Waals surface area contributed by atoms with Crippen LogP contribution in [0.25, 0.3) is 0 Å². The SMILES string of the molecule is C[C@@H](C(=O)NCC1(O)CCCC1)N(C)C. The number of hydrogen-bond donors (Lipinski definition) is 2. The highest BCUT2D eigenvalue weighted by Crippen LogP contribution is 2.28. The standard InChI is InChI=1S/C11H22N2O2/c1-9(13(2)3)10(14)12-8-11(15)6-4-5-7-11/h9,15H,4-8H2,1-3H3,(H,12,14)/t9-/m0/s1. The summed E-state index contributed by atoms with van der Waals surface area (Å²) >= 11 is 0. The zero-order chi connectivity index (χ0) is 11.5. The van der Waals surface area contributed by atoms with Crippen molar-refractivity contribution in [1.82, 2.24) is 10.2 Å². The maximum absolute atomic E-state index is 11.6. The van der Waals surface area contributed by atoms with Gasteiger partial charge in [-0.15, -0.1) is 0 Å². The van der Waals surface area contributed by atoms with E-state index in [2.05, 4.69) is 5.32 Å². The first-order valence-electron chi connectivity index (χ1n) is 5.61. The molecule has 1 amide bonds. The van der Waals surface area contributed by atoms with Gasteiger partial charge in [0.25, 0.3) is 0 Å². The van der Waals surface area contributed by atoms with Gasteiger partial charge < -0.3 is 10.4 Å². The first-order chi connectivity index (χ1) is 6.94. The van der Waals surface area contributed by atoms with Crippen molar-refractivity contribution in [1.29, 1.82) is 0 Å². The molecule has 88 valence electrons. The molecule has 4 nitrogen and oxygen atoms in total. The molecule has 4 heteroatoms. The van der Waals surface area contributed by atoms with Crippen LogP contribution in [0.15, 0.2) is 0 Å². The van der Waals surface area contributed by atoms with Crippen molar-refractivity contribution in [3.63, 3.8) is 0 Å². The van der Waals surface area contributed by atoms with E-state index in [1.54, 1.807) is 0 Å². The van der Waals surface area contributed by atoms with Gasteiger partial charge in [-0.1, -0.05) is 12.8 Å². The lowest BCUT2D eigenvalue weighted by molar-refractivity contribution is -0.126. The lowest BCUT2D eigenvalue weighted by atomic mass is 10.0. The van der Waals surface area contributed by atoms with Crippen LogP contribution in [0, 0.1) is 0 Å². The number of aliphatic hydroxyl groups is 1. The largest absolute Gasteiger partial charge is 0.388 e. The Hall–Kier alpha value is -0.610. The quantitative estimate of drug-likeness (QED) is 0.710. The van der Waals surface area contributed by atoms with Gasteiger partial charge in [0.1, 0.15) is 0 Å². The summed E-state index contributed by atoms with van der Waals surface area (Å²) in [4.78, 5) is 13.5. The molecule has 0 bridgehead atoms. The zero-order valence-electron chi connectivity index (χ0n) is 9.92. The van der Waals surface area contributed by atoms with Crippen LogP contribution in [0.1, 0.15) is 32.6 Å². The summed E-state index contributed by atoms with van der Waals surface area (Å²) in [7, 11) is 3.74. The van der Waals surface area contributed by atoms with Crippen molar-refractivity contribution >= 4 is 5.91 Å². The van der Waals surface area contributed by atoms with Gasteiger partial charge in [-0.25, -0.2) is 0 Å². The van der Waals surface area contributed by atoms with E-state index in [0.29, 0.717) is 6.54 Å². The maximum atomic E-state index is 11.6. The molecule has 0 aromatic carbocycles. The fourth-order valence-corrected chi connectivity index (χ4v) is 1.84. The van der Waals surface area contributed by atoms with Gasteiger partial charge in [-0.3, -0.25) is 9.69 Å². The Bertz CT molecular complexity index is 223. The van der Waals surface area contributed by atoms with Gasteiger partial charge in [0, 0.05) is 6.54 Å². The second-order valence-corrected chi connectivity index (χ2v) is 4.79. The number of nitrogens with zero attached hydrogens (tertiary/aromatic N) is 1. The van der Waals surface area contributed by atoms with Crippen LogP contribution in [0.4, 0.5) is 0 Å². The number of carbonyl (C=O) groups is 1. The fraction of sp³-hybridized carbons (Fsp3) is 0.909. The lowest BCUT2D eigenvalue weighted by Gasteiger charge is -2.25. The van der Waals surface area contributed by atoms with Crippen molar-refractivity contribution in [2.45, 2.75) is 44.2 Å². The number of carbonyl (C=O) groups excluding carboxylic acids is 1. The summed E-state index contributed by atoms with van der Waals surface area (Å²) < 4.78 is 0. The number of likely N-dealkylation sites (N-methyl/N-ethyl adjacent to an activating group) is 1. The molecule has 0 aliphatic heterocycles. The Balaban J connectivity index is 2.33. The molecule has 0 aromatic heterocycles. The summed E-state index contributed by atoms with van der Waals surface area (Å²) in [5, 5.41) is 12.8. The van der Waals surface area contributed by atoms with E-state index in [1.165, 1.54) is 0 Å². The summed E-state index contributed by atoms with van der Waals surface area (Å²) in [6.07, 6.45) is 3.75. The molecule has 1 atom stereocenters. The maximum Gasteiger partial charge on any atom is 0.237 e. The highest BCUT2D eigenvalue weighted by Gasteiger charge is 2.31. The minimum atomic E-state index is -0.651. The van der Waals surface area contributed by atoms with E-state index in [-0.39, 0.29) is 11.9 Å². The molecule has 15 heavy (non-hydrogen) atoms. The van der Waals surface area contributed by atoms with Gasteiger partial charge >= 0.3 is 0 Å². The second kappa shape index (κ2) is 4.94. The average molecular weight is 214 g/mol. The molecule has 0 unspecified atom stereocenters. The second-order valence-electron chi connectivity index (χ2n) is 4.79. The van der Waals surface area contributed by atoms with Crippen molar-refractivity contribution in [3.05, 3.63) is 0 Å². The molecule has 1 saturated carbocycles. The molecular weight excluding hydrogens is 192 g/mol. The molecule has 0 saturated heterocycles. The summed E-state index contributed by atoms with van der Waals surface area (Å²) in [5.41, 5.74) is -0.651. The van der Waals surface area contributed by atoms with E-state index in [1.807, 2.05) is 25.9 Å². The third-order valence-electron chi connectivity index (χ3n) is 3.28. The van der Waals surface area contributed by atoms with Crippen LogP contribution >= 0.6 is 0 Å². The third-order valence-corrected chi connectivity index (χ3v) is 3.28. The normalized spacial score (nSPS) is 21.7. The van der Waals surface area contributed by atoms with E-state index < -0.39 is 5.60 Å². The van der Waals surface area contributed by atoms with Crippen molar-refractivity contribution in [2.24, 2.45) is 0 Å². The third kappa shape index (κ3) is 3.47. The van der Waals surface area contributed by atoms with Gasteiger partial charge in [0.05, 0.1) is 11.6 Å². The predicted octanol–water partition coefficient (Wildman–Crippen LogP) is 0.358. The predicted molar refractivity (Wildman–Crippen MR) is 59.6 cm³/mol. The smallest absolute Gasteiger partial charge is 0.237 e. The summed E-state index contributed by atoms with van der Waals surface area (Å²) in [6.45, 7) is 2.25. The molecular formula is C11H22N2O2. The van der Waals surface area contributed by atoms with E-state index in [9.17, 15) is 9.90 Å². The Morgan fingerprint density at radius 3 is 2.47 bits per heavy atom. The van der Waals surface area contributed by atoms with Gasteiger partial charge in [0.2, 0.25) is 5.91 Å². The minimum absolute atomic E-state index is 0.0136. The molecule has 1 aliphatic carbocycles. The van der Waals surface area contributed by atoms with Crippen LogP contribution in [0.2, 0.25) is 0 Å². The van der Waals surface area contributed by atoms with E-state index in [0.717, 1.165) is 25.7 Å². The van der Waals surface area contributed by atoms with E-state index in [4.69, 9.17) is 0 Å². The van der Waals surface area contributed by atoms with Gasteiger partial charge in [-0.05, 0) is 33.9 Å². The topological polar surface area (TPSA) is 52.6 Å². The molecule has 0 heterocycles. The lowest BCUT2D eigenvalue weighted by Crippen LogP contribution is -2.47. The molecule has 1 rings (SSSR count). The van der Waals surface area contributed by atoms with Crippen LogP contribution in [0.5, 0.6) is 0 Å². The van der Waals surface area contributed by atoms with Gasteiger partial charge in [-0.2, -0.15) is 0 Å². The van der Waals surface area contributed by atoms with Crippen LogP contribution < -0.4 is 5.32 Å². The highest BCUT2D eigenvalue weighted by molar-refractivity contribution is 5.81. The Labute approximate surface area is 91.6 Å². The molecule has 0 radical (unpaired) electrons. The minimum Gasteiger partial charge on any atom is -0.388 e. The Kier molecular flexibility index (Phi) is 4.11. The van der Waals surface area contributed by atoms with Crippen molar-refractivity contribution in [2.75, 3.05) is 20.6 Å². The molecule has 1 aliphatic rings. The van der Waals surface area contributed by atoms with E-state index >= 15 is 0 Å². The van der Waals surface area contributed by atoms with Crippen LogP contribution in [-0.4, -0.2) is 48.2 Å². The Morgan fingerprint density at radius 1 is 1.47 bits per heavy atom. The van der Waals surface area contributed by atoms with Crippen LogP contribution in [-0.2, 0) is 4.79 Å². The number of rotatable bonds is 4. The van der Waals surface area contributed by atoms with Crippen LogP contribution in [0.3, 0.4) is 0 Å².